The highest BCUT2D eigenvalue weighted by Crippen LogP contribution is 2.09. The molecule has 1 N–H and O–H groups in total. The first kappa shape index (κ1) is 12.1. The van der Waals surface area contributed by atoms with E-state index in [-0.39, 0.29) is 18.4 Å². The van der Waals surface area contributed by atoms with Gasteiger partial charge in [-0.05, 0) is 24.6 Å². The molecule has 5 heteroatoms. The van der Waals surface area contributed by atoms with Crippen LogP contribution in [0.3, 0.4) is 0 Å². The number of nitrogens with zero attached hydrogens (tertiary/aromatic N) is 2. The zero-order valence-corrected chi connectivity index (χ0v) is 9.85. The molecule has 92 valence electrons. The van der Waals surface area contributed by atoms with Gasteiger partial charge in [-0.15, -0.1) is 0 Å². The molecule has 0 bridgehead atoms. The smallest absolute Gasteiger partial charge is 0.254 e. The Bertz CT molecular complexity index is 519. The van der Waals surface area contributed by atoms with Gasteiger partial charge in [0.15, 0.2) is 0 Å². The first-order valence-electron chi connectivity index (χ1n) is 5.77. The molecule has 1 aromatic rings. The van der Waals surface area contributed by atoms with Crippen molar-refractivity contribution in [2.24, 2.45) is 0 Å². The van der Waals surface area contributed by atoms with Gasteiger partial charge in [0.05, 0.1) is 18.2 Å². The molecule has 2 rings (SSSR count). The van der Waals surface area contributed by atoms with Gasteiger partial charge in [0, 0.05) is 18.7 Å². The van der Waals surface area contributed by atoms with Crippen LogP contribution in [0.1, 0.15) is 22.3 Å². The number of carbonyl (C=O) groups is 2. The van der Waals surface area contributed by atoms with E-state index in [0.717, 1.165) is 6.42 Å². The van der Waals surface area contributed by atoms with Gasteiger partial charge >= 0.3 is 0 Å². The maximum absolute atomic E-state index is 12.2. The molecule has 2 amide bonds. The highest BCUT2D eigenvalue weighted by Gasteiger charge is 2.20. The van der Waals surface area contributed by atoms with Crippen LogP contribution < -0.4 is 5.32 Å². The van der Waals surface area contributed by atoms with Gasteiger partial charge in [-0.2, -0.15) is 5.26 Å². The van der Waals surface area contributed by atoms with Gasteiger partial charge in [0.1, 0.15) is 0 Å². The second-order valence-corrected chi connectivity index (χ2v) is 4.12. The van der Waals surface area contributed by atoms with Crippen molar-refractivity contribution in [1.82, 2.24) is 10.2 Å². The summed E-state index contributed by atoms with van der Waals surface area (Å²) in [4.78, 5) is 25.1. The Morgan fingerprint density at radius 2 is 2.28 bits per heavy atom. The van der Waals surface area contributed by atoms with E-state index in [1.54, 1.807) is 24.3 Å². The van der Waals surface area contributed by atoms with Gasteiger partial charge < -0.3 is 10.2 Å². The average molecular weight is 243 g/mol. The topological polar surface area (TPSA) is 73.2 Å². The third kappa shape index (κ3) is 2.66. The van der Waals surface area contributed by atoms with Gasteiger partial charge in [0.2, 0.25) is 5.91 Å². The largest absolute Gasteiger partial charge is 0.354 e. The standard InChI is InChI=1S/C13H13N3O2/c14-8-10-3-1-4-11(7-10)13(18)16-6-2-5-15-12(17)9-16/h1,3-4,7H,2,5-6,9H2,(H,15,17). The maximum atomic E-state index is 12.2. The Morgan fingerprint density at radius 1 is 1.44 bits per heavy atom. The first-order chi connectivity index (χ1) is 8.70. The molecule has 1 saturated heterocycles. The van der Waals surface area contributed by atoms with Crippen LogP contribution in [-0.2, 0) is 4.79 Å². The molecular formula is C13H13N3O2. The van der Waals surface area contributed by atoms with Crippen molar-refractivity contribution in [1.29, 1.82) is 5.26 Å². The molecule has 1 aliphatic rings. The maximum Gasteiger partial charge on any atom is 0.254 e. The molecular weight excluding hydrogens is 230 g/mol. The minimum atomic E-state index is -0.204. The minimum absolute atomic E-state index is 0.0790. The number of carbonyl (C=O) groups excluding carboxylic acids is 2. The molecule has 0 aliphatic carbocycles. The molecule has 0 aromatic heterocycles. The van der Waals surface area contributed by atoms with Crippen LogP contribution in [0, 0.1) is 11.3 Å². The Labute approximate surface area is 105 Å². The summed E-state index contributed by atoms with van der Waals surface area (Å²) in [7, 11) is 0. The lowest BCUT2D eigenvalue weighted by Crippen LogP contribution is -2.37. The molecule has 18 heavy (non-hydrogen) atoms. The van der Waals surface area contributed by atoms with Crippen molar-refractivity contribution in [3.8, 4) is 6.07 Å². The fraction of sp³-hybridized carbons (Fsp3) is 0.308. The van der Waals surface area contributed by atoms with Gasteiger partial charge in [-0.1, -0.05) is 6.07 Å². The Morgan fingerprint density at radius 3 is 3.06 bits per heavy atom. The molecule has 0 saturated carbocycles. The predicted octanol–water partition coefficient (Wildman–Crippen LogP) is 0.520. The van der Waals surface area contributed by atoms with E-state index < -0.39 is 0 Å². The zero-order chi connectivity index (χ0) is 13.0. The quantitative estimate of drug-likeness (QED) is 0.781. The normalized spacial score (nSPS) is 15.5. The van der Waals surface area contributed by atoms with Crippen LogP contribution in [-0.4, -0.2) is 36.3 Å². The second-order valence-electron chi connectivity index (χ2n) is 4.12. The van der Waals surface area contributed by atoms with Crippen LogP contribution in [0.2, 0.25) is 0 Å². The molecule has 0 atom stereocenters. The SMILES string of the molecule is N#Cc1cccc(C(=O)N2CCCNC(=O)C2)c1. The molecule has 1 aliphatic heterocycles. The number of nitrogens with one attached hydrogen (secondary N) is 1. The molecule has 1 fully saturated rings. The minimum Gasteiger partial charge on any atom is -0.354 e. The average Bonchev–Trinajstić information content (AvgIpc) is 2.62. The molecule has 1 heterocycles. The van der Waals surface area contributed by atoms with Crippen LogP contribution in [0.5, 0.6) is 0 Å². The molecule has 5 nitrogen and oxygen atoms in total. The number of amides is 2. The highest BCUT2D eigenvalue weighted by atomic mass is 16.2. The number of benzene rings is 1. The summed E-state index contributed by atoms with van der Waals surface area (Å²) in [5.74, 6) is -0.346. The van der Waals surface area contributed by atoms with Crippen LogP contribution >= 0.6 is 0 Å². The number of rotatable bonds is 1. The van der Waals surface area contributed by atoms with Crippen LogP contribution in [0.25, 0.3) is 0 Å². The molecule has 0 unspecified atom stereocenters. The summed E-state index contributed by atoms with van der Waals surface area (Å²) in [5.41, 5.74) is 0.892. The van der Waals surface area contributed by atoms with Crippen molar-refractivity contribution < 1.29 is 9.59 Å². The van der Waals surface area contributed by atoms with Crippen molar-refractivity contribution in [3.05, 3.63) is 35.4 Å². The second kappa shape index (κ2) is 5.32. The monoisotopic (exact) mass is 243 g/mol. The zero-order valence-electron chi connectivity index (χ0n) is 9.85. The Balaban J connectivity index is 2.19. The van der Waals surface area contributed by atoms with Crippen molar-refractivity contribution in [3.63, 3.8) is 0 Å². The Kier molecular flexibility index (Phi) is 3.58. The number of hydrogen-bond donors (Lipinski definition) is 1. The number of nitriles is 1. The summed E-state index contributed by atoms with van der Waals surface area (Å²) >= 11 is 0. The van der Waals surface area contributed by atoms with E-state index >= 15 is 0 Å². The summed E-state index contributed by atoms with van der Waals surface area (Å²) in [6, 6.07) is 8.52. The molecule has 0 radical (unpaired) electrons. The lowest BCUT2D eigenvalue weighted by atomic mass is 10.1. The van der Waals surface area contributed by atoms with E-state index in [9.17, 15) is 9.59 Å². The van der Waals surface area contributed by atoms with Crippen molar-refractivity contribution in [2.75, 3.05) is 19.6 Å². The fourth-order valence-electron chi connectivity index (χ4n) is 1.88. The van der Waals surface area contributed by atoms with Gasteiger partial charge in [0.25, 0.3) is 5.91 Å². The van der Waals surface area contributed by atoms with E-state index in [1.807, 2.05) is 6.07 Å². The van der Waals surface area contributed by atoms with Crippen LogP contribution in [0.4, 0.5) is 0 Å². The first-order valence-corrected chi connectivity index (χ1v) is 5.77. The molecule has 1 aromatic carbocycles. The summed E-state index contributed by atoms with van der Waals surface area (Å²) in [5, 5.41) is 11.5. The lowest BCUT2D eigenvalue weighted by molar-refractivity contribution is -0.121. The van der Waals surface area contributed by atoms with Crippen LogP contribution in [0.15, 0.2) is 24.3 Å². The summed E-state index contributed by atoms with van der Waals surface area (Å²) in [6.45, 7) is 1.23. The van der Waals surface area contributed by atoms with Gasteiger partial charge in [-0.3, -0.25) is 9.59 Å². The van der Waals surface area contributed by atoms with Gasteiger partial charge in [-0.25, -0.2) is 0 Å². The van der Waals surface area contributed by atoms with Crippen molar-refractivity contribution >= 4 is 11.8 Å². The Hall–Kier alpha value is -2.35. The third-order valence-electron chi connectivity index (χ3n) is 2.79. The van der Waals surface area contributed by atoms with E-state index in [0.29, 0.717) is 24.2 Å². The van der Waals surface area contributed by atoms with E-state index in [1.165, 1.54) is 4.90 Å². The fourth-order valence-corrected chi connectivity index (χ4v) is 1.88. The summed E-state index contributed by atoms with van der Waals surface area (Å²) in [6.07, 6.45) is 0.745. The predicted molar refractivity (Wildman–Crippen MR) is 64.7 cm³/mol. The highest BCUT2D eigenvalue weighted by molar-refractivity contribution is 5.96. The van der Waals surface area contributed by atoms with E-state index in [4.69, 9.17) is 5.26 Å². The summed E-state index contributed by atoms with van der Waals surface area (Å²) < 4.78 is 0. The lowest BCUT2D eigenvalue weighted by Gasteiger charge is -2.18. The van der Waals surface area contributed by atoms with E-state index in [2.05, 4.69) is 5.32 Å². The number of hydrogen-bond acceptors (Lipinski definition) is 3. The van der Waals surface area contributed by atoms with Crippen molar-refractivity contribution in [2.45, 2.75) is 6.42 Å². The molecule has 0 spiro atoms. The third-order valence-corrected chi connectivity index (χ3v) is 2.79.